The molecule has 1 N–H and O–H groups in total. The van der Waals surface area contributed by atoms with Crippen molar-refractivity contribution in [1.82, 2.24) is 9.55 Å². The Bertz CT molecular complexity index is 1290. The highest BCUT2D eigenvalue weighted by Crippen LogP contribution is 2.45. The van der Waals surface area contributed by atoms with Gasteiger partial charge in [-0.1, -0.05) is 36.4 Å². The lowest BCUT2D eigenvalue weighted by Gasteiger charge is -2.21. The summed E-state index contributed by atoms with van der Waals surface area (Å²) in [5.41, 5.74) is -0.570. The first-order valence-electron chi connectivity index (χ1n) is 10.4. The van der Waals surface area contributed by atoms with E-state index in [4.69, 9.17) is 9.47 Å². The summed E-state index contributed by atoms with van der Waals surface area (Å²) in [6.45, 7) is 1.24. The van der Waals surface area contributed by atoms with Crippen LogP contribution in [-0.4, -0.2) is 45.6 Å². The number of ether oxygens (including phenoxy) is 2. The van der Waals surface area contributed by atoms with Crippen molar-refractivity contribution in [3.8, 4) is 0 Å². The average molecular weight is 485 g/mol. The van der Waals surface area contributed by atoms with Gasteiger partial charge in [0.1, 0.15) is 12.0 Å². The summed E-state index contributed by atoms with van der Waals surface area (Å²) in [5, 5.41) is -1.89. The number of aromatic nitrogens is 2. The summed E-state index contributed by atoms with van der Waals surface area (Å²) < 4.78 is 27.6. The molecular weight excluding hydrogens is 463 g/mol. The molecule has 2 aromatic carbocycles. The summed E-state index contributed by atoms with van der Waals surface area (Å²) in [4.78, 5) is 51.3. The number of halogens is 1. The summed E-state index contributed by atoms with van der Waals surface area (Å²) >= 11 is 0.995. The van der Waals surface area contributed by atoms with Gasteiger partial charge in [0.2, 0.25) is 0 Å². The van der Waals surface area contributed by atoms with Crippen molar-refractivity contribution in [2.45, 2.75) is 29.8 Å². The number of carbonyl (C=O) groups excluding carboxylic acids is 2. The molecule has 34 heavy (non-hydrogen) atoms. The highest BCUT2D eigenvalue weighted by atomic mass is 32.2. The maximum Gasteiger partial charge on any atom is 0.338 e. The second-order valence-corrected chi connectivity index (χ2v) is 9.05. The monoisotopic (exact) mass is 484 g/mol. The van der Waals surface area contributed by atoms with E-state index in [1.165, 1.54) is 25.3 Å². The van der Waals surface area contributed by atoms with E-state index in [1.54, 1.807) is 48.5 Å². The third-order valence-electron chi connectivity index (χ3n) is 5.33. The number of esters is 2. The number of hydrogen-bond acceptors (Lipinski definition) is 7. The van der Waals surface area contributed by atoms with Crippen molar-refractivity contribution in [2.75, 3.05) is 6.61 Å². The van der Waals surface area contributed by atoms with Crippen molar-refractivity contribution in [2.24, 2.45) is 0 Å². The number of alkyl halides is 1. The number of rotatable bonds is 6. The van der Waals surface area contributed by atoms with Gasteiger partial charge in [-0.25, -0.2) is 18.8 Å². The van der Waals surface area contributed by atoms with Gasteiger partial charge in [-0.3, -0.25) is 14.3 Å². The molecule has 176 valence electrons. The molecule has 3 aromatic rings. The van der Waals surface area contributed by atoms with Gasteiger partial charge >= 0.3 is 17.6 Å². The van der Waals surface area contributed by atoms with Crippen molar-refractivity contribution in [3.05, 3.63) is 104 Å². The first-order chi connectivity index (χ1) is 16.3. The molecule has 2 heterocycles. The number of aryl methyl sites for hydroxylation is 1. The fourth-order valence-electron chi connectivity index (χ4n) is 3.55. The standard InChI is InChI=1S/C24H21FN2O6S/c1-14-12-27(24(31)26-20(14)28)21-18(25)19(33-23(30)16-10-6-3-7-11-16)17(34-21)13-32-22(29)15-8-4-2-5-9-15/h2-12,17-19,21H,13H2,1H3,(H,26,28,31)/t17-,18+,19-,21?/m1/s1. The summed E-state index contributed by atoms with van der Waals surface area (Å²) in [7, 11) is 0. The Kier molecular flexibility index (Phi) is 6.97. The Morgan fingerprint density at radius 3 is 2.21 bits per heavy atom. The van der Waals surface area contributed by atoms with Crippen LogP contribution in [0.25, 0.3) is 0 Å². The normalized spacial score (nSPS) is 21.7. The second-order valence-electron chi connectivity index (χ2n) is 7.69. The van der Waals surface area contributed by atoms with Crippen LogP contribution in [0, 0.1) is 6.92 Å². The number of H-pyrrole nitrogens is 1. The minimum absolute atomic E-state index is 0.226. The molecule has 0 spiro atoms. The van der Waals surface area contributed by atoms with Gasteiger partial charge in [-0.2, -0.15) is 0 Å². The predicted molar refractivity (Wildman–Crippen MR) is 124 cm³/mol. The van der Waals surface area contributed by atoms with Crippen LogP contribution < -0.4 is 11.2 Å². The number of nitrogens with zero attached hydrogens (tertiary/aromatic N) is 1. The topological polar surface area (TPSA) is 107 Å². The molecule has 1 fully saturated rings. The first-order valence-corrected chi connectivity index (χ1v) is 11.4. The smallest absolute Gasteiger partial charge is 0.338 e. The molecule has 1 aliphatic heterocycles. The third-order valence-corrected chi connectivity index (χ3v) is 6.85. The molecule has 4 atom stereocenters. The van der Waals surface area contributed by atoms with Crippen LogP contribution in [-0.2, 0) is 9.47 Å². The number of benzene rings is 2. The van der Waals surface area contributed by atoms with E-state index in [0.29, 0.717) is 5.56 Å². The van der Waals surface area contributed by atoms with Crippen molar-refractivity contribution in [1.29, 1.82) is 0 Å². The Hall–Kier alpha value is -3.66. The van der Waals surface area contributed by atoms with Gasteiger partial charge in [0.05, 0.1) is 16.4 Å². The van der Waals surface area contributed by atoms with E-state index in [2.05, 4.69) is 4.98 Å². The highest BCUT2D eigenvalue weighted by molar-refractivity contribution is 8.00. The lowest BCUT2D eigenvalue weighted by molar-refractivity contribution is -0.00135. The number of carbonyl (C=O) groups is 2. The Balaban J connectivity index is 1.59. The molecule has 1 aromatic heterocycles. The zero-order chi connectivity index (χ0) is 24.2. The first kappa shape index (κ1) is 23.5. The molecule has 4 rings (SSSR count). The van der Waals surface area contributed by atoms with Gasteiger partial charge in [0.15, 0.2) is 12.3 Å². The van der Waals surface area contributed by atoms with Crippen LogP contribution in [0.2, 0.25) is 0 Å². The predicted octanol–water partition coefficient (Wildman–Crippen LogP) is 2.88. The van der Waals surface area contributed by atoms with Crippen molar-refractivity contribution < 1.29 is 23.5 Å². The summed E-state index contributed by atoms with van der Waals surface area (Å²) in [6.07, 6.45) is -1.84. The number of thioether (sulfide) groups is 1. The molecule has 0 aliphatic carbocycles. The molecule has 1 aliphatic rings. The maximum atomic E-state index is 15.6. The van der Waals surface area contributed by atoms with Gasteiger partial charge < -0.3 is 9.47 Å². The Morgan fingerprint density at radius 2 is 1.59 bits per heavy atom. The Labute approximate surface area is 197 Å². The van der Waals surface area contributed by atoms with Gasteiger partial charge in [-0.05, 0) is 31.2 Å². The molecule has 0 radical (unpaired) electrons. The van der Waals surface area contributed by atoms with E-state index in [9.17, 15) is 19.2 Å². The minimum Gasteiger partial charge on any atom is -0.461 e. The SMILES string of the molecule is Cc1cn(C2S[C@H](COC(=O)c3ccccc3)[C@@H](OC(=O)c3ccccc3)[C@@H]2F)c(=O)[nH]c1=O. The molecule has 10 heteroatoms. The van der Waals surface area contributed by atoms with Crippen LogP contribution in [0.4, 0.5) is 4.39 Å². The van der Waals surface area contributed by atoms with Crippen molar-refractivity contribution in [3.63, 3.8) is 0 Å². The number of nitrogens with one attached hydrogen (secondary N) is 1. The molecule has 0 amide bonds. The van der Waals surface area contributed by atoms with E-state index in [1.807, 2.05) is 0 Å². The van der Waals surface area contributed by atoms with Crippen LogP contribution in [0.5, 0.6) is 0 Å². The molecule has 1 saturated heterocycles. The fourth-order valence-corrected chi connectivity index (χ4v) is 5.01. The van der Waals surface area contributed by atoms with Crippen LogP contribution in [0.1, 0.15) is 31.7 Å². The maximum absolute atomic E-state index is 15.6. The van der Waals surface area contributed by atoms with E-state index >= 15 is 4.39 Å². The largest absolute Gasteiger partial charge is 0.461 e. The average Bonchev–Trinajstić information content (AvgIpc) is 3.15. The molecule has 0 bridgehead atoms. The number of hydrogen-bond donors (Lipinski definition) is 1. The van der Waals surface area contributed by atoms with Crippen LogP contribution in [0.3, 0.4) is 0 Å². The summed E-state index contributed by atoms with van der Waals surface area (Å²) in [5.74, 6) is -1.34. The zero-order valence-corrected chi connectivity index (χ0v) is 18.9. The lowest BCUT2D eigenvalue weighted by atomic mass is 10.1. The summed E-state index contributed by atoms with van der Waals surface area (Å²) in [6, 6.07) is 16.4. The molecule has 1 unspecified atom stereocenters. The van der Waals surface area contributed by atoms with E-state index in [0.717, 1.165) is 16.3 Å². The van der Waals surface area contributed by atoms with Gasteiger partial charge in [0, 0.05) is 11.8 Å². The quantitative estimate of drug-likeness (QED) is 0.536. The van der Waals surface area contributed by atoms with Crippen molar-refractivity contribution >= 4 is 23.7 Å². The van der Waals surface area contributed by atoms with Crippen LogP contribution in [0.15, 0.2) is 76.4 Å². The van der Waals surface area contributed by atoms with E-state index < -0.39 is 46.1 Å². The van der Waals surface area contributed by atoms with Gasteiger partial charge in [0.25, 0.3) is 5.56 Å². The Morgan fingerprint density at radius 1 is 1.00 bits per heavy atom. The lowest BCUT2D eigenvalue weighted by Crippen LogP contribution is -2.38. The fraction of sp³-hybridized carbons (Fsp3) is 0.250. The minimum atomic E-state index is -1.80. The molecular formula is C24H21FN2O6S. The molecule has 8 nitrogen and oxygen atoms in total. The third kappa shape index (κ3) is 4.96. The zero-order valence-electron chi connectivity index (χ0n) is 18.1. The number of aromatic amines is 1. The highest BCUT2D eigenvalue weighted by Gasteiger charge is 2.49. The second kappa shape index (κ2) is 10.1. The van der Waals surface area contributed by atoms with Gasteiger partial charge in [-0.15, -0.1) is 11.8 Å². The molecule has 0 saturated carbocycles. The van der Waals surface area contributed by atoms with Crippen LogP contribution >= 0.6 is 11.8 Å². The van der Waals surface area contributed by atoms with E-state index in [-0.39, 0.29) is 17.7 Å².